The van der Waals surface area contributed by atoms with Crippen molar-refractivity contribution in [3.63, 3.8) is 0 Å². The highest BCUT2D eigenvalue weighted by molar-refractivity contribution is 5.95. The summed E-state index contributed by atoms with van der Waals surface area (Å²) < 4.78 is 0. The van der Waals surface area contributed by atoms with Crippen LogP contribution in [0.3, 0.4) is 0 Å². The molecular formula is C14H11N3. The molecule has 0 unspecified atom stereocenters. The van der Waals surface area contributed by atoms with E-state index in [1.807, 2.05) is 30.3 Å². The van der Waals surface area contributed by atoms with Gasteiger partial charge in [0.25, 0.3) is 0 Å². The van der Waals surface area contributed by atoms with Crippen molar-refractivity contribution < 1.29 is 0 Å². The van der Waals surface area contributed by atoms with Crippen LogP contribution in [0.1, 0.15) is 0 Å². The van der Waals surface area contributed by atoms with Crippen LogP contribution in [0.5, 0.6) is 0 Å². The van der Waals surface area contributed by atoms with Crippen LogP contribution >= 0.6 is 0 Å². The lowest BCUT2D eigenvalue weighted by Crippen LogP contribution is -1.94. The van der Waals surface area contributed by atoms with Gasteiger partial charge in [0.15, 0.2) is 0 Å². The molecule has 0 saturated heterocycles. The number of benzene rings is 2. The molecule has 2 aromatic carbocycles. The topological polar surface area (TPSA) is 51.8 Å². The van der Waals surface area contributed by atoms with Crippen molar-refractivity contribution in [2.45, 2.75) is 0 Å². The maximum absolute atomic E-state index is 5.54. The van der Waals surface area contributed by atoms with Gasteiger partial charge >= 0.3 is 0 Å². The number of fused-ring (bicyclic) bond motifs is 1. The van der Waals surface area contributed by atoms with Gasteiger partial charge in [0.2, 0.25) is 0 Å². The Labute approximate surface area is 98.9 Å². The van der Waals surface area contributed by atoms with Crippen LogP contribution in [0.2, 0.25) is 0 Å². The molecule has 0 aliphatic carbocycles. The molecule has 0 aliphatic heterocycles. The smallest absolute Gasteiger partial charge is 0.146 e. The standard InChI is InChI=1S/C14H11N3/c15-14-9-8-13(16-17-14)12-7-3-5-10-4-1-2-6-11(10)12/h1-9H,(H2,15,17). The number of hydrogen-bond acceptors (Lipinski definition) is 3. The first-order valence-electron chi connectivity index (χ1n) is 5.42. The lowest BCUT2D eigenvalue weighted by atomic mass is 10.0. The Bertz CT molecular complexity index is 654. The molecule has 0 fully saturated rings. The third-order valence-electron chi connectivity index (χ3n) is 2.75. The van der Waals surface area contributed by atoms with Crippen LogP contribution in [-0.2, 0) is 0 Å². The number of hydrogen-bond donors (Lipinski definition) is 1. The normalized spacial score (nSPS) is 10.6. The minimum absolute atomic E-state index is 0.439. The van der Waals surface area contributed by atoms with E-state index in [-0.39, 0.29) is 0 Å². The summed E-state index contributed by atoms with van der Waals surface area (Å²) in [6.45, 7) is 0. The van der Waals surface area contributed by atoms with Gasteiger partial charge in [0.05, 0.1) is 5.69 Å². The molecule has 0 spiro atoms. The van der Waals surface area contributed by atoms with Crippen molar-refractivity contribution in [3.8, 4) is 11.3 Å². The van der Waals surface area contributed by atoms with Crippen LogP contribution in [0.25, 0.3) is 22.0 Å². The number of nitrogens with two attached hydrogens (primary N) is 1. The predicted octanol–water partition coefficient (Wildman–Crippen LogP) is 2.88. The van der Waals surface area contributed by atoms with Gasteiger partial charge in [-0.05, 0) is 22.9 Å². The Morgan fingerprint density at radius 3 is 2.41 bits per heavy atom. The molecule has 2 N–H and O–H groups in total. The van der Waals surface area contributed by atoms with Crippen molar-refractivity contribution in [2.75, 3.05) is 5.73 Å². The second-order valence-corrected chi connectivity index (χ2v) is 3.87. The summed E-state index contributed by atoms with van der Waals surface area (Å²) in [6, 6.07) is 18.0. The molecule has 0 aliphatic rings. The van der Waals surface area contributed by atoms with E-state index in [1.165, 1.54) is 10.8 Å². The molecule has 1 aromatic heterocycles. The van der Waals surface area contributed by atoms with E-state index in [4.69, 9.17) is 5.73 Å². The van der Waals surface area contributed by atoms with E-state index in [0.717, 1.165) is 11.3 Å². The molecule has 3 rings (SSSR count). The summed E-state index contributed by atoms with van der Waals surface area (Å²) in [5.74, 6) is 0.439. The van der Waals surface area contributed by atoms with E-state index >= 15 is 0 Å². The Hall–Kier alpha value is -2.42. The van der Waals surface area contributed by atoms with E-state index < -0.39 is 0 Å². The Morgan fingerprint density at radius 1 is 0.765 bits per heavy atom. The van der Waals surface area contributed by atoms with Gasteiger partial charge in [-0.1, -0.05) is 42.5 Å². The fourth-order valence-electron chi connectivity index (χ4n) is 1.93. The number of nitrogen functional groups attached to an aromatic ring is 1. The molecule has 1 heterocycles. The van der Waals surface area contributed by atoms with Gasteiger partial charge in [-0.25, -0.2) is 0 Å². The molecule has 0 saturated carbocycles. The number of anilines is 1. The molecule has 0 atom stereocenters. The quantitative estimate of drug-likeness (QED) is 0.687. The monoisotopic (exact) mass is 221 g/mol. The molecule has 3 heteroatoms. The summed E-state index contributed by atoms with van der Waals surface area (Å²) in [5, 5.41) is 10.4. The van der Waals surface area contributed by atoms with E-state index in [2.05, 4.69) is 28.4 Å². The fraction of sp³-hybridized carbons (Fsp3) is 0. The second kappa shape index (κ2) is 3.87. The molecule has 0 bridgehead atoms. The zero-order valence-electron chi connectivity index (χ0n) is 9.17. The lowest BCUT2D eigenvalue weighted by molar-refractivity contribution is 1.05. The van der Waals surface area contributed by atoms with Crippen LogP contribution < -0.4 is 5.73 Å². The van der Waals surface area contributed by atoms with Crippen LogP contribution in [0.4, 0.5) is 5.82 Å². The van der Waals surface area contributed by atoms with Gasteiger partial charge in [-0.3, -0.25) is 0 Å². The Kier molecular flexibility index (Phi) is 2.22. The van der Waals surface area contributed by atoms with Crippen LogP contribution in [-0.4, -0.2) is 10.2 Å². The Balaban J connectivity index is 2.27. The average Bonchev–Trinajstić information content (AvgIpc) is 2.39. The van der Waals surface area contributed by atoms with Crippen LogP contribution in [0.15, 0.2) is 54.6 Å². The van der Waals surface area contributed by atoms with Crippen LogP contribution in [0, 0.1) is 0 Å². The van der Waals surface area contributed by atoms with Crippen molar-refractivity contribution in [1.82, 2.24) is 10.2 Å². The first kappa shape index (κ1) is 9.78. The van der Waals surface area contributed by atoms with E-state index in [0.29, 0.717) is 5.82 Å². The highest BCUT2D eigenvalue weighted by Gasteiger charge is 2.04. The summed E-state index contributed by atoms with van der Waals surface area (Å²) in [6.07, 6.45) is 0. The molecule has 82 valence electrons. The number of aromatic nitrogens is 2. The second-order valence-electron chi connectivity index (χ2n) is 3.87. The van der Waals surface area contributed by atoms with Gasteiger partial charge in [0, 0.05) is 5.56 Å². The first-order chi connectivity index (χ1) is 8.34. The Morgan fingerprint density at radius 2 is 1.59 bits per heavy atom. The molecule has 0 amide bonds. The summed E-state index contributed by atoms with van der Waals surface area (Å²) in [7, 11) is 0. The molecule has 3 nitrogen and oxygen atoms in total. The summed E-state index contributed by atoms with van der Waals surface area (Å²) in [4.78, 5) is 0. The largest absolute Gasteiger partial charge is 0.382 e. The van der Waals surface area contributed by atoms with Gasteiger partial charge in [-0.15, -0.1) is 10.2 Å². The fourth-order valence-corrected chi connectivity index (χ4v) is 1.93. The highest BCUT2D eigenvalue weighted by Crippen LogP contribution is 2.26. The van der Waals surface area contributed by atoms with Crippen molar-refractivity contribution in [2.24, 2.45) is 0 Å². The highest BCUT2D eigenvalue weighted by atomic mass is 15.1. The predicted molar refractivity (Wildman–Crippen MR) is 69.4 cm³/mol. The first-order valence-corrected chi connectivity index (χ1v) is 5.42. The van der Waals surface area contributed by atoms with Gasteiger partial charge < -0.3 is 5.73 Å². The minimum Gasteiger partial charge on any atom is -0.382 e. The number of rotatable bonds is 1. The third kappa shape index (κ3) is 1.72. The summed E-state index contributed by atoms with van der Waals surface area (Å²) in [5.41, 5.74) is 7.47. The van der Waals surface area contributed by atoms with Crippen molar-refractivity contribution in [1.29, 1.82) is 0 Å². The molecule has 0 radical (unpaired) electrons. The van der Waals surface area contributed by atoms with E-state index in [9.17, 15) is 0 Å². The van der Waals surface area contributed by atoms with Gasteiger partial charge in [0.1, 0.15) is 5.82 Å². The molecule has 3 aromatic rings. The maximum atomic E-state index is 5.54. The van der Waals surface area contributed by atoms with Crippen molar-refractivity contribution >= 4 is 16.6 Å². The SMILES string of the molecule is Nc1ccc(-c2cccc3ccccc23)nn1. The summed E-state index contributed by atoms with van der Waals surface area (Å²) >= 11 is 0. The van der Waals surface area contributed by atoms with Crippen molar-refractivity contribution in [3.05, 3.63) is 54.6 Å². The molecule has 17 heavy (non-hydrogen) atoms. The average molecular weight is 221 g/mol. The lowest BCUT2D eigenvalue weighted by Gasteiger charge is -2.05. The van der Waals surface area contributed by atoms with E-state index in [1.54, 1.807) is 6.07 Å². The van der Waals surface area contributed by atoms with Gasteiger partial charge in [-0.2, -0.15) is 0 Å². The maximum Gasteiger partial charge on any atom is 0.146 e. The minimum atomic E-state index is 0.439. The third-order valence-corrected chi connectivity index (χ3v) is 2.75. The zero-order valence-corrected chi connectivity index (χ0v) is 9.17. The number of nitrogens with zero attached hydrogens (tertiary/aromatic N) is 2. The zero-order chi connectivity index (χ0) is 11.7. The molecular weight excluding hydrogens is 210 g/mol.